The summed E-state index contributed by atoms with van der Waals surface area (Å²) in [5.74, 6) is -0.0433. The molecular weight excluding hydrogens is 286 g/mol. The highest BCUT2D eigenvalue weighted by atomic mass is 16.6. The second-order valence-corrected chi connectivity index (χ2v) is 4.41. The van der Waals surface area contributed by atoms with E-state index >= 15 is 0 Å². The van der Waals surface area contributed by atoms with Crippen molar-refractivity contribution in [2.45, 2.75) is 0 Å². The highest BCUT2D eigenvalue weighted by Crippen LogP contribution is 2.28. The van der Waals surface area contributed by atoms with Gasteiger partial charge in [0, 0.05) is 11.8 Å². The topological polar surface area (TPSA) is 93.5 Å². The molecule has 2 aromatic rings. The number of carbonyl (C=O) groups is 1. The van der Waals surface area contributed by atoms with Crippen LogP contribution in [0.4, 0.5) is 17.1 Å². The Labute approximate surface area is 127 Å². The van der Waals surface area contributed by atoms with E-state index in [1.54, 1.807) is 0 Å². The minimum atomic E-state index is -0.523. The van der Waals surface area contributed by atoms with Crippen molar-refractivity contribution in [2.75, 3.05) is 24.3 Å². The van der Waals surface area contributed by atoms with Crippen molar-refractivity contribution in [1.82, 2.24) is 0 Å². The molecule has 0 spiro atoms. The Morgan fingerprint density at radius 2 is 1.95 bits per heavy atom. The Morgan fingerprint density at radius 3 is 2.59 bits per heavy atom. The quantitative estimate of drug-likeness (QED) is 0.632. The monoisotopic (exact) mass is 301 g/mol. The van der Waals surface area contributed by atoms with Crippen molar-refractivity contribution < 1.29 is 14.5 Å². The summed E-state index contributed by atoms with van der Waals surface area (Å²) in [7, 11) is 1.39. The van der Waals surface area contributed by atoms with E-state index in [4.69, 9.17) is 4.74 Å². The smallest absolute Gasteiger partial charge is 0.273 e. The van der Waals surface area contributed by atoms with Crippen LogP contribution in [0.25, 0.3) is 0 Å². The normalized spacial score (nSPS) is 9.86. The summed E-state index contributed by atoms with van der Waals surface area (Å²) < 4.78 is 5.06. The molecule has 114 valence electrons. The van der Waals surface area contributed by atoms with Crippen LogP contribution in [0.1, 0.15) is 0 Å². The van der Waals surface area contributed by atoms with E-state index in [9.17, 15) is 14.9 Å². The van der Waals surface area contributed by atoms with Crippen LogP contribution in [0.5, 0.6) is 5.75 Å². The Balaban J connectivity index is 2.00. The van der Waals surface area contributed by atoms with E-state index in [0.29, 0.717) is 5.69 Å². The van der Waals surface area contributed by atoms with E-state index in [2.05, 4.69) is 10.6 Å². The van der Waals surface area contributed by atoms with Crippen molar-refractivity contribution >= 4 is 23.0 Å². The van der Waals surface area contributed by atoms with E-state index < -0.39 is 4.92 Å². The van der Waals surface area contributed by atoms with Gasteiger partial charge in [-0.05, 0) is 18.2 Å². The van der Waals surface area contributed by atoms with Crippen LogP contribution in [0.15, 0.2) is 48.5 Å². The molecule has 0 atom stereocenters. The van der Waals surface area contributed by atoms with Crippen LogP contribution in [-0.4, -0.2) is 24.5 Å². The Hall–Kier alpha value is -3.09. The lowest BCUT2D eigenvalue weighted by molar-refractivity contribution is -0.384. The number of nitro benzene ring substituents is 1. The first-order chi connectivity index (χ1) is 10.6. The maximum Gasteiger partial charge on any atom is 0.273 e. The van der Waals surface area contributed by atoms with Gasteiger partial charge in [-0.2, -0.15) is 0 Å². The first kappa shape index (κ1) is 15.3. The average Bonchev–Trinajstić information content (AvgIpc) is 2.54. The van der Waals surface area contributed by atoms with Gasteiger partial charge in [-0.15, -0.1) is 0 Å². The molecule has 0 aliphatic rings. The molecule has 0 radical (unpaired) electrons. The van der Waals surface area contributed by atoms with E-state index in [1.807, 2.05) is 30.3 Å². The Morgan fingerprint density at radius 1 is 1.23 bits per heavy atom. The number of nitro groups is 1. The number of anilines is 2. The summed E-state index contributed by atoms with van der Waals surface area (Å²) in [5.41, 5.74) is 1.11. The van der Waals surface area contributed by atoms with Crippen LogP contribution in [0.3, 0.4) is 0 Å². The summed E-state index contributed by atoms with van der Waals surface area (Å²) in [6.45, 7) is 0.0736. The van der Waals surface area contributed by atoms with E-state index in [-0.39, 0.29) is 23.9 Å². The molecule has 0 aliphatic carbocycles. The maximum atomic E-state index is 11.9. The minimum Gasteiger partial charge on any atom is -0.494 e. The van der Waals surface area contributed by atoms with Gasteiger partial charge >= 0.3 is 0 Å². The molecule has 2 aromatic carbocycles. The molecule has 2 rings (SSSR count). The fraction of sp³-hybridized carbons (Fsp3) is 0.133. The van der Waals surface area contributed by atoms with Crippen LogP contribution in [0, 0.1) is 10.1 Å². The Kier molecular flexibility index (Phi) is 4.92. The maximum absolute atomic E-state index is 11.9. The van der Waals surface area contributed by atoms with Crippen LogP contribution in [0.2, 0.25) is 0 Å². The number of non-ortho nitro benzene ring substituents is 1. The molecule has 7 nitrogen and oxygen atoms in total. The van der Waals surface area contributed by atoms with Gasteiger partial charge in [0.05, 0.1) is 30.3 Å². The lowest BCUT2D eigenvalue weighted by atomic mass is 10.2. The number of methoxy groups -OCH3 is 1. The summed E-state index contributed by atoms with van der Waals surface area (Å²) in [6, 6.07) is 13.3. The lowest BCUT2D eigenvalue weighted by Gasteiger charge is -2.11. The van der Waals surface area contributed by atoms with Crippen LogP contribution >= 0.6 is 0 Å². The van der Waals surface area contributed by atoms with Crippen molar-refractivity contribution in [3.63, 3.8) is 0 Å². The predicted molar refractivity (Wildman–Crippen MR) is 83.2 cm³/mol. The van der Waals surface area contributed by atoms with Gasteiger partial charge < -0.3 is 15.4 Å². The number of hydrogen-bond donors (Lipinski definition) is 2. The number of nitrogens with one attached hydrogen (secondary N) is 2. The molecule has 0 saturated heterocycles. The Bertz CT molecular complexity index is 674. The first-order valence-corrected chi connectivity index (χ1v) is 6.51. The highest BCUT2D eigenvalue weighted by molar-refractivity contribution is 5.95. The fourth-order valence-corrected chi connectivity index (χ4v) is 1.83. The number of rotatable bonds is 6. The van der Waals surface area contributed by atoms with Crippen molar-refractivity contribution in [2.24, 2.45) is 0 Å². The van der Waals surface area contributed by atoms with Gasteiger partial charge in [-0.3, -0.25) is 14.9 Å². The zero-order valence-electron chi connectivity index (χ0n) is 11.9. The minimum absolute atomic E-state index is 0.0736. The third-order valence-corrected chi connectivity index (χ3v) is 2.90. The number of ether oxygens (including phenoxy) is 1. The molecule has 7 heteroatoms. The summed E-state index contributed by atoms with van der Waals surface area (Å²) in [6.07, 6.45) is 0. The van der Waals surface area contributed by atoms with E-state index in [1.165, 1.54) is 25.3 Å². The van der Waals surface area contributed by atoms with Crippen molar-refractivity contribution in [1.29, 1.82) is 0 Å². The van der Waals surface area contributed by atoms with Gasteiger partial charge in [-0.25, -0.2) is 0 Å². The standard InChI is InChI=1S/C15H15N3O4/c1-22-14-9-12(18(20)21)7-8-13(14)17-15(19)10-16-11-5-3-2-4-6-11/h2-9,16H,10H2,1H3,(H,17,19). The molecule has 22 heavy (non-hydrogen) atoms. The molecular formula is C15H15N3O4. The number of benzene rings is 2. The third-order valence-electron chi connectivity index (χ3n) is 2.90. The second kappa shape index (κ2) is 7.07. The van der Waals surface area contributed by atoms with Gasteiger partial charge in [0.15, 0.2) is 0 Å². The molecule has 1 amide bonds. The number of para-hydroxylation sites is 1. The molecule has 2 N–H and O–H groups in total. The number of hydrogen-bond acceptors (Lipinski definition) is 5. The molecule has 0 saturated carbocycles. The van der Waals surface area contributed by atoms with Crippen LogP contribution in [-0.2, 0) is 4.79 Å². The molecule has 0 fully saturated rings. The van der Waals surface area contributed by atoms with Crippen molar-refractivity contribution in [3.05, 3.63) is 58.6 Å². The van der Waals surface area contributed by atoms with Gasteiger partial charge in [-0.1, -0.05) is 18.2 Å². The number of amides is 1. The van der Waals surface area contributed by atoms with Crippen molar-refractivity contribution in [3.8, 4) is 5.75 Å². The molecule has 0 aliphatic heterocycles. The molecule has 0 unspecified atom stereocenters. The van der Waals surface area contributed by atoms with E-state index in [0.717, 1.165) is 5.69 Å². The number of nitrogens with zero attached hydrogens (tertiary/aromatic N) is 1. The lowest BCUT2D eigenvalue weighted by Crippen LogP contribution is -2.22. The number of carbonyl (C=O) groups excluding carboxylic acids is 1. The van der Waals surface area contributed by atoms with Crippen LogP contribution < -0.4 is 15.4 Å². The van der Waals surface area contributed by atoms with Gasteiger partial charge in [0.2, 0.25) is 5.91 Å². The second-order valence-electron chi connectivity index (χ2n) is 4.41. The van der Waals surface area contributed by atoms with Gasteiger partial charge in [0.25, 0.3) is 5.69 Å². The highest BCUT2D eigenvalue weighted by Gasteiger charge is 2.13. The summed E-state index contributed by atoms with van der Waals surface area (Å²) in [4.78, 5) is 22.1. The zero-order chi connectivity index (χ0) is 15.9. The largest absolute Gasteiger partial charge is 0.494 e. The average molecular weight is 301 g/mol. The SMILES string of the molecule is COc1cc([N+](=O)[O-])ccc1NC(=O)CNc1ccccc1. The predicted octanol–water partition coefficient (Wildman–Crippen LogP) is 2.65. The first-order valence-electron chi connectivity index (χ1n) is 6.51. The fourth-order valence-electron chi connectivity index (χ4n) is 1.83. The zero-order valence-corrected chi connectivity index (χ0v) is 11.9. The molecule has 0 bridgehead atoms. The summed E-state index contributed by atoms with van der Waals surface area (Å²) in [5, 5.41) is 16.3. The molecule has 0 heterocycles. The van der Waals surface area contributed by atoms with Gasteiger partial charge in [0.1, 0.15) is 5.75 Å². The molecule has 0 aromatic heterocycles. The summed E-state index contributed by atoms with van der Waals surface area (Å²) >= 11 is 0. The third kappa shape index (κ3) is 3.95.